The van der Waals surface area contributed by atoms with E-state index in [1.165, 1.54) is 4.70 Å². The van der Waals surface area contributed by atoms with Gasteiger partial charge in [0.1, 0.15) is 6.10 Å². The summed E-state index contributed by atoms with van der Waals surface area (Å²) in [6.45, 7) is 1.88. The number of hydrogen-bond acceptors (Lipinski definition) is 5. The molecule has 1 atom stereocenters. The lowest BCUT2D eigenvalue weighted by molar-refractivity contribution is 0.159. The maximum Gasteiger partial charge on any atom is 0.259 e. The molecule has 2 heterocycles. The molecule has 4 nitrogen and oxygen atoms in total. The van der Waals surface area contributed by atoms with E-state index >= 15 is 0 Å². The van der Waals surface area contributed by atoms with Crippen LogP contribution < -0.4 is 0 Å². The zero-order chi connectivity index (χ0) is 12.5. The van der Waals surface area contributed by atoms with Crippen LogP contribution in [0.15, 0.2) is 34.2 Å². The first kappa shape index (κ1) is 11.4. The van der Waals surface area contributed by atoms with Gasteiger partial charge in [0.25, 0.3) is 5.89 Å². The van der Waals surface area contributed by atoms with Gasteiger partial charge in [-0.05, 0) is 12.5 Å². The molecule has 0 spiro atoms. The summed E-state index contributed by atoms with van der Waals surface area (Å²) in [6.07, 6.45) is -0.0870. The minimum Gasteiger partial charge on any atom is -0.385 e. The monoisotopic (exact) mass is 260 g/mol. The van der Waals surface area contributed by atoms with Crippen molar-refractivity contribution in [2.75, 3.05) is 0 Å². The largest absolute Gasteiger partial charge is 0.385 e. The lowest BCUT2D eigenvalue weighted by atomic mass is 10.2. The summed E-state index contributed by atoms with van der Waals surface area (Å²) in [5.41, 5.74) is 0.928. The normalized spacial score (nSPS) is 13.0. The molecule has 0 radical (unpaired) electrons. The standard InChI is InChI=1S/C13H12N2O2S/c1-2-10(16)12-14-13(17-15-12)9-7-18-11-6-4-3-5-8(9)11/h3-7,10,16H,2H2,1H3. The molecule has 0 aliphatic rings. The number of thiophene rings is 1. The second kappa shape index (κ2) is 4.51. The first-order chi connectivity index (χ1) is 8.79. The van der Waals surface area contributed by atoms with Crippen LogP contribution in [0, 0.1) is 0 Å². The molecule has 0 aliphatic carbocycles. The number of aliphatic hydroxyl groups excluding tert-OH is 1. The van der Waals surface area contributed by atoms with Crippen molar-refractivity contribution >= 4 is 21.4 Å². The Kier molecular flexibility index (Phi) is 2.85. The Bertz CT molecular complexity index is 674. The molecular weight excluding hydrogens is 248 g/mol. The van der Waals surface area contributed by atoms with Gasteiger partial charge in [-0.3, -0.25) is 0 Å². The van der Waals surface area contributed by atoms with E-state index in [9.17, 15) is 5.11 Å². The Labute approximate surface area is 108 Å². The molecule has 92 valence electrons. The maximum atomic E-state index is 9.67. The molecule has 0 aliphatic heterocycles. The van der Waals surface area contributed by atoms with Gasteiger partial charge in [0, 0.05) is 15.5 Å². The first-order valence-corrected chi connectivity index (χ1v) is 6.66. The van der Waals surface area contributed by atoms with Gasteiger partial charge in [-0.1, -0.05) is 30.3 Å². The van der Waals surface area contributed by atoms with E-state index in [1.54, 1.807) is 11.3 Å². The van der Waals surface area contributed by atoms with Crippen LogP contribution in [-0.4, -0.2) is 15.2 Å². The van der Waals surface area contributed by atoms with Crippen LogP contribution in [0.5, 0.6) is 0 Å². The topological polar surface area (TPSA) is 59.2 Å². The van der Waals surface area contributed by atoms with Gasteiger partial charge in [0.15, 0.2) is 0 Å². The summed E-state index contributed by atoms with van der Waals surface area (Å²) in [5, 5.41) is 16.6. The summed E-state index contributed by atoms with van der Waals surface area (Å²) < 4.78 is 6.41. The summed E-state index contributed by atoms with van der Waals surface area (Å²) in [7, 11) is 0. The maximum absolute atomic E-state index is 9.67. The number of aromatic nitrogens is 2. The number of nitrogens with zero attached hydrogens (tertiary/aromatic N) is 2. The van der Waals surface area contributed by atoms with Gasteiger partial charge in [0.05, 0.1) is 5.56 Å². The van der Waals surface area contributed by atoms with Crippen molar-refractivity contribution < 1.29 is 9.63 Å². The molecule has 1 unspecified atom stereocenters. The fourth-order valence-electron chi connectivity index (χ4n) is 1.81. The van der Waals surface area contributed by atoms with Crippen molar-refractivity contribution in [2.24, 2.45) is 0 Å². The molecule has 1 N–H and O–H groups in total. The third-order valence-electron chi connectivity index (χ3n) is 2.84. The molecule has 0 saturated carbocycles. The van der Waals surface area contributed by atoms with E-state index < -0.39 is 6.10 Å². The fraction of sp³-hybridized carbons (Fsp3) is 0.231. The van der Waals surface area contributed by atoms with Crippen LogP contribution in [-0.2, 0) is 0 Å². The predicted octanol–water partition coefficient (Wildman–Crippen LogP) is 3.39. The highest BCUT2D eigenvalue weighted by molar-refractivity contribution is 7.17. The highest BCUT2D eigenvalue weighted by Gasteiger charge is 2.17. The Morgan fingerprint density at radius 1 is 1.39 bits per heavy atom. The van der Waals surface area contributed by atoms with E-state index in [-0.39, 0.29) is 0 Å². The van der Waals surface area contributed by atoms with E-state index in [4.69, 9.17) is 4.52 Å². The molecular formula is C13H12N2O2S. The molecule has 0 amide bonds. The van der Waals surface area contributed by atoms with E-state index in [0.29, 0.717) is 18.1 Å². The number of fused-ring (bicyclic) bond motifs is 1. The SMILES string of the molecule is CCC(O)c1noc(-c2csc3ccccc23)n1. The molecule has 18 heavy (non-hydrogen) atoms. The summed E-state index contributed by atoms with van der Waals surface area (Å²) in [4.78, 5) is 4.25. The molecule has 1 aromatic carbocycles. The molecule has 0 bridgehead atoms. The van der Waals surface area contributed by atoms with E-state index in [1.807, 2.05) is 30.5 Å². The Hall–Kier alpha value is -1.72. The van der Waals surface area contributed by atoms with Gasteiger partial charge in [-0.25, -0.2) is 0 Å². The molecule has 5 heteroatoms. The summed E-state index contributed by atoms with van der Waals surface area (Å²) >= 11 is 1.64. The fourth-order valence-corrected chi connectivity index (χ4v) is 2.74. The van der Waals surface area contributed by atoms with Crippen LogP contribution in [0.4, 0.5) is 0 Å². The van der Waals surface area contributed by atoms with Crippen molar-refractivity contribution in [3.63, 3.8) is 0 Å². The number of hydrogen-bond donors (Lipinski definition) is 1. The van der Waals surface area contributed by atoms with Crippen LogP contribution in [0.2, 0.25) is 0 Å². The molecule has 3 aromatic rings. The zero-order valence-electron chi connectivity index (χ0n) is 9.83. The lowest BCUT2D eigenvalue weighted by Crippen LogP contribution is -1.97. The van der Waals surface area contributed by atoms with Crippen molar-refractivity contribution in [1.29, 1.82) is 0 Å². The van der Waals surface area contributed by atoms with Crippen LogP contribution in [0.1, 0.15) is 25.3 Å². The molecule has 2 aromatic heterocycles. The minimum atomic E-state index is -0.660. The van der Waals surface area contributed by atoms with Gasteiger partial charge >= 0.3 is 0 Å². The number of benzene rings is 1. The Morgan fingerprint density at radius 3 is 3.06 bits per heavy atom. The molecule has 0 fully saturated rings. The number of aliphatic hydroxyl groups is 1. The van der Waals surface area contributed by atoms with Gasteiger partial charge in [0.2, 0.25) is 5.82 Å². The van der Waals surface area contributed by atoms with Crippen molar-refractivity contribution in [3.8, 4) is 11.5 Å². The summed E-state index contributed by atoms with van der Waals surface area (Å²) in [6, 6.07) is 8.07. The van der Waals surface area contributed by atoms with Gasteiger partial charge < -0.3 is 9.63 Å². The quantitative estimate of drug-likeness (QED) is 0.784. The predicted molar refractivity (Wildman–Crippen MR) is 70.4 cm³/mol. The molecule has 0 saturated heterocycles. The highest BCUT2D eigenvalue weighted by Crippen LogP contribution is 2.33. The second-order valence-corrected chi connectivity index (χ2v) is 4.94. The third-order valence-corrected chi connectivity index (χ3v) is 3.80. The van der Waals surface area contributed by atoms with Crippen molar-refractivity contribution in [2.45, 2.75) is 19.4 Å². The average Bonchev–Trinajstić information content (AvgIpc) is 3.03. The minimum absolute atomic E-state index is 0.350. The smallest absolute Gasteiger partial charge is 0.259 e. The molecule has 3 rings (SSSR count). The highest BCUT2D eigenvalue weighted by atomic mass is 32.1. The van der Waals surface area contributed by atoms with E-state index in [0.717, 1.165) is 10.9 Å². The van der Waals surface area contributed by atoms with Crippen LogP contribution >= 0.6 is 11.3 Å². The van der Waals surface area contributed by atoms with Gasteiger partial charge in [-0.15, -0.1) is 11.3 Å². The van der Waals surface area contributed by atoms with Crippen LogP contribution in [0.3, 0.4) is 0 Å². The van der Waals surface area contributed by atoms with Crippen molar-refractivity contribution in [3.05, 3.63) is 35.5 Å². The van der Waals surface area contributed by atoms with Crippen molar-refractivity contribution in [1.82, 2.24) is 10.1 Å². The summed E-state index contributed by atoms with van der Waals surface area (Å²) in [5.74, 6) is 0.817. The first-order valence-electron chi connectivity index (χ1n) is 5.78. The van der Waals surface area contributed by atoms with E-state index in [2.05, 4.69) is 16.2 Å². The van der Waals surface area contributed by atoms with Crippen LogP contribution in [0.25, 0.3) is 21.5 Å². The third kappa shape index (κ3) is 1.81. The Balaban J connectivity index is 2.07. The Morgan fingerprint density at radius 2 is 2.22 bits per heavy atom. The lowest BCUT2D eigenvalue weighted by Gasteiger charge is -1.98. The van der Waals surface area contributed by atoms with Gasteiger partial charge in [-0.2, -0.15) is 4.98 Å². The average molecular weight is 260 g/mol. The second-order valence-electron chi connectivity index (χ2n) is 4.03. The zero-order valence-corrected chi connectivity index (χ0v) is 10.6. The number of rotatable bonds is 3.